The van der Waals surface area contributed by atoms with Crippen molar-refractivity contribution in [2.45, 2.75) is 23.4 Å². The summed E-state index contributed by atoms with van der Waals surface area (Å²) in [6.45, 7) is 0. The van der Waals surface area contributed by atoms with Gasteiger partial charge in [-0.1, -0.05) is 58.4 Å². The van der Waals surface area contributed by atoms with Gasteiger partial charge in [-0.05, 0) is 47.0 Å². The van der Waals surface area contributed by atoms with Crippen LogP contribution in [0.15, 0.2) is 77.3 Å². The summed E-state index contributed by atoms with van der Waals surface area (Å²) in [5.41, 5.74) is 1.91. The maximum absolute atomic E-state index is 13.8. The maximum atomic E-state index is 13.8. The summed E-state index contributed by atoms with van der Waals surface area (Å²) in [6.07, 6.45) is 0. The average Bonchev–Trinajstić information content (AvgIpc) is 3.31. The summed E-state index contributed by atoms with van der Waals surface area (Å²) in [4.78, 5) is 26.8. The van der Waals surface area contributed by atoms with Gasteiger partial charge < -0.3 is 10.1 Å². The molecule has 2 aliphatic rings. The van der Waals surface area contributed by atoms with Crippen LogP contribution >= 0.6 is 15.9 Å². The molecule has 2 aliphatic heterocycles. The first-order valence-electron chi connectivity index (χ1n) is 10.2. The minimum absolute atomic E-state index is 0.208. The highest BCUT2D eigenvalue weighted by Gasteiger charge is 2.66. The molecule has 3 aromatic rings. The number of nitrogens with one attached hydrogen (secondary N) is 2. The number of anilines is 1. The van der Waals surface area contributed by atoms with E-state index in [4.69, 9.17) is 4.74 Å². The van der Waals surface area contributed by atoms with Crippen molar-refractivity contribution in [2.24, 2.45) is 0 Å². The van der Waals surface area contributed by atoms with Crippen LogP contribution in [0.2, 0.25) is 0 Å². The molecule has 0 aromatic heterocycles. The molecule has 1 fully saturated rings. The molecular formula is C25H20BrFN2O3. The molecule has 5 rings (SSSR count). The molecule has 5 nitrogen and oxygen atoms in total. The van der Waals surface area contributed by atoms with Gasteiger partial charge in [-0.15, -0.1) is 0 Å². The van der Waals surface area contributed by atoms with E-state index in [1.165, 1.54) is 19.2 Å². The van der Waals surface area contributed by atoms with E-state index >= 15 is 0 Å². The Balaban J connectivity index is 1.80. The molecule has 0 unspecified atom stereocenters. The van der Waals surface area contributed by atoms with Crippen LogP contribution in [0.1, 0.15) is 28.7 Å². The first kappa shape index (κ1) is 20.8. The highest BCUT2D eigenvalue weighted by Crippen LogP contribution is 2.59. The van der Waals surface area contributed by atoms with E-state index < -0.39 is 29.4 Å². The topological polar surface area (TPSA) is 67.4 Å². The number of carbonyl (C=O) groups is 2. The Morgan fingerprint density at radius 3 is 2.34 bits per heavy atom. The van der Waals surface area contributed by atoms with Crippen molar-refractivity contribution in [3.05, 3.63) is 99.8 Å². The molecule has 3 aromatic carbocycles. The number of carbonyl (C=O) groups excluding carboxylic acids is 2. The Kier molecular flexibility index (Phi) is 5.10. The first-order chi connectivity index (χ1) is 15.5. The minimum Gasteiger partial charge on any atom is -0.468 e. The highest BCUT2D eigenvalue weighted by atomic mass is 79.9. The lowest BCUT2D eigenvalue weighted by atomic mass is 9.63. The average molecular weight is 495 g/mol. The second kappa shape index (κ2) is 7.83. The molecule has 32 heavy (non-hydrogen) atoms. The van der Waals surface area contributed by atoms with E-state index in [1.54, 1.807) is 12.1 Å². The summed E-state index contributed by atoms with van der Waals surface area (Å²) in [7, 11) is 1.33. The molecule has 1 saturated heterocycles. The van der Waals surface area contributed by atoms with E-state index in [9.17, 15) is 14.0 Å². The van der Waals surface area contributed by atoms with Crippen molar-refractivity contribution in [1.82, 2.24) is 5.32 Å². The van der Waals surface area contributed by atoms with E-state index in [-0.39, 0.29) is 11.7 Å². The van der Waals surface area contributed by atoms with Crippen molar-refractivity contribution < 1.29 is 18.7 Å². The Morgan fingerprint density at radius 2 is 1.66 bits per heavy atom. The molecule has 2 N–H and O–H groups in total. The van der Waals surface area contributed by atoms with Gasteiger partial charge in [0.25, 0.3) is 0 Å². The van der Waals surface area contributed by atoms with Crippen LogP contribution in [0.4, 0.5) is 10.1 Å². The van der Waals surface area contributed by atoms with Gasteiger partial charge in [0.1, 0.15) is 17.3 Å². The number of hydrogen-bond donors (Lipinski definition) is 2. The third kappa shape index (κ3) is 2.99. The van der Waals surface area contributed by atoms with E-state index in [0.717, 1.165) is 15.6 Å². The van der Waals surface area contributed by atoms with Crippen LogP contribution in [-0.4, -0.2) is 25.0 Å². The molecule has 0 bridgehead atoms. The van der Waals surface area contributed by atoms with E-state index in [2.05, 4.69) is 26.6 Å². The van der Waals surface area contributed by atoms with Gasteiger partial charge in [0.15, 0.2) is 0 Å². The Bertz CT molecular complexity index is 1200. The molecule has 0 radical (unpaired) electrons. The number of rotatable bonds is 3. The fourth-order valence-electron chi connectivity index (χ4n) is 5.22. The molecule has 1 amide bonds. The van der Waals surface area contributed by atoms with E-state index in [0.29, 0.717) is 11.3 Å². The molecule has 1 spiro atoms. The molecule has 0 aliphatic carbocycles. The number of esters is 1. The number of fused-ring (bicyclic) bond motifs is 2. The zero-order valence-electron chi connectivity index (χ0n) is 17.1. The van der Waals surface area contributed by atoms with Gasteiger partial charge in [-0.3, -0.25) is 14.9 Å². The fraction of sp³-hybridized carbons (Fsp3) is 0.200. The van der Waals surface area contributed by atoms with Gasteiger partial charge in [-0.25, -0.2) is 4.39 Å². The number of ether oxygens (including phenoxy) is 1. The monoisotopic (exact) mass is 494 g/mol. The number of methoxy groups -OCH3 is 1. The molecule has 2 heterocycles. The lowest BCUT2D eigenvalue weighted by Crippen LogP contribution is -2.44. The fourth-order valence-corrected chi connectivity index (χ4v) is 5.48. The summed E-state index contributed by atoms with van der Waals surface area (Å²) in [5.74, 6) is -1.69. The van der Waals surface area contributed by atoms with Crippen molar-refractivity contribution in [3.8, 4) is 0 Å². The molecular weight excluding hydrogens is 475 g/mol. The van der Waals surface area contributed by atoms with Crippen LogP contribution in [0.25, 0.3) is 0 Å². The smallest absolute Gasteiger partial charge is 0.323 e. The zero-order valence-corrected chi connectivity index (χ0v) is 18.7. The van der Waals surface area contributed by atoms with Crippen molar-refractivity contribution in [3.63, 3.8) is 0 Å². The van der Waals surface area contributed by atoms with Crippen molar-refractivity contribution >= 4 is 33.5 Å². The van der Waals surface area contributed by atoms with Gasteiger partial charge in [0.05, 0.1) is 13.2 Å². The molecule has 0 saturated carbocycles. The number of benzene rings is 3. The highest BCUT2D eigenvalue weighted by molar-refractivity contribution is 9.10. The molecule has 162 valence electrons. The number of para-hydroxylation sites is 1. The lowest BCUT2D eigenvalue weighted by Gasteiger charge is -2.35. The zero-order chi connectivity index (χ0) is 22.5. The number of hydrogen-bond acceptors (Lipinski definition) is 4. The normalized spacial score (nSPS) is 26.1. The quantitative estimate of drug-likeness (QED) is 0.528. The first-order valence-corrected chi connectivity index (χ1v) is 11.0. The minimum atomic E-state index is -1.14. The Labute approximate surface area is 193 Å². The predicted octanol–water partition coefficient (Wildman–Crippen LogP) is 4.45. The van der Waals surface area contributed by atoms with Crippen LogP contribution in [0.3, 0.4) is 0 Å². The summed E-state index contributed by atoms with van der Waals surface area (Å²) < 4.78 is 19.8. The van der Waals surface area contributed by atoms with Crippen LogP contribution in [0.5, 0.6) is 0 Å². The second-order valence-electron chi connectivity index (χ2n) is 8.05. The lowest BCUT2D eigenvalue weighted by molar-refractivity contribution is -0.143. The summed E-state index contributed by atoms with van der Waals surface area (Å²) in [6, 6.07) is 19.8. The third-order valence-electron chi connectivity index (χ3n) is 6.51. The second-order valence-corrected chi connectivity index (χ2v) is 8.97. The molecule has 4 atom stereocenters. The van der Waals surface area contributed by atoms with Crippen LogP contribution < -0.4 is 10.6 Å². The van der Waals surface area contributed by atoms with Crippen molar-refractivity contribution in [2.75, 3.05) is 12.4 Å². The maximum Gasteiger partial charge on any atom is 0.323 e. The third-order valence-corrected chi connectivity index (χ3v) is 7.04. The Morgan fingerprint density at radius 1 is 1.00 bits per heavy atom. The van der Waals surface area contributed by atoms with Gasteiger partial charge in [-0.2, -0.15) is 0 Å². The van der Waals surface area contributed by atoms with Gasteiger partial charge in [0, 0.05) is 16.1 Å². The number of halogens is 2. The van der Waals surface area contributed by atoms with E-state index in [1.807, 2.05) is 48.5 Å². The Hall–Kier alpha value is -3.03. The standard InChI is InChI=1S/C25H20BrFN2O3/c1-32-23(30)21-20(14-8-12-17(27)13-9-14)25(18-4-2-3-5-19(18)28-24(25)31)22(29-21)15-6-10-16(26)11-7-15/h2-13,20-22,29H,1H3,(H,28,31)/t20-,21+,22+,25+/m0/s1. The van der Waals surface area contributed by atoms with Crippen molar-refractivity contribution in [1.29, 1.82) is 0 Å². The summed E-state index contributed by atoms with van der Waals surface area (Å²) >= 11 is 3.46. The van der Waals surface area contributed by atoms with Gasteiger partial charge in [0.2, 0.25) is 5.91 Å². The van der Waals surface area contributed by atoms with Crippen LogP contribution in [0, 0.1) is 5.82 Å². The number of amides is 1. The summed E-state index contributed by atoms with van der Waals surface area (Å²) in [5, 5.41) is 6.42. The largest absolute Gasteiger partial charge is 0.468 e. The predicted molar refractivity (Wildman–Crippen MR) is 122 cm³/mol. The van der Waals surface area contributed by atoms with Gasteiger partial charge >= 0.3 is 5.97 Å². The van der Waals surface area contributed by atoms with Crippen LogP contribution in [-0.2, 0) is 19.7 Å². The SMILES string of the molecule is COC(=O)[C@@H]1N[C@H](c2ccc(Br)cc2)[C@]2(C(=O)Nc3ccccc32)[C@H]1c1ccc(F)cc1. The molecule has 7 heteroatoms.